The topological polar surface area (TPSA) is 72.6 Å². The van der Waals surface area contributed by atoms with Crippen molar-refractivity contribution in [2.24, 2.45) is 5.92 Å². The van der Waals surface area contributed by atoms with Gasteiger partial charge in [-0.1, -0.05) is 25.1 Å². The molecule has 3 atom stereocenters. The number of carbonyl (C=O) groups excluding carboxylic acids is 1. The van der Waals surface area contributed by atoms with Crippen LogP contribution in [0.2, 0.25) is 0 Å². The maximum Gasteiger partial charge on any atom is 0.318 e. The van der Waals surface area contributed by atoms with Gasteiger partial charge in [0.25, 0.3) is 0 Å². The van der Waals surface area contributed by atoms with Gasteiger partial charge in [-0.05, 0) is 70.9 Å². The van der Waals surface area contributed by atoms with E-state index in [9.17, 15) is 4.79 Å². The molecule has 5 rings (SSSR count). The maximum absolute atomic E-state index is 13.1. The number of fused-ring (bicyclic) bond motifs is 1. The van der Waals surface area contributed by atoms with Crippen molar-refractivity contribution in [2.75, 3.05) is 83.4 Å². The first-order valence-corrected chi connectivity index (χ1v) is 15.9. The third-order valence-electron chi connectivity index (χ3n) is 9.34. The SMILES string of the molecule is [C-]#[N+]C[C@H]1CN(c2nc(OC[C@@H]3C[C@@H](C)CN3C)nc3c2CCN(c2cccc(C)c2C)C3)CCN1C(=O)/C=C/CN(C)C. The summed E-state index contributed by atoms with van der Waals surface area (Å²) in [6.07, 6.45) is 5.46. The summed E-state index contributed by atoms with van der Waals surface area (Å²) in [5.74, 6) is 1.51. The van der Waals surface area contributed by atoms with Crippen molar-refractivity contribution < 1.29 is 9.53 Å². The van der Waals surface area contributed by atoms with Crippen molar-refractivity contribution >= 4 is 17.4 Å². The van der Waals surface area contributed by atoms with Crippen molar-refractivity contribution in [1.29, 1.82) is 0 Å². The average molecular weight is 601 g/mol. The maximum atomic E-state index is 13.1. The van der Waals surface area contributed by atoms with Crippen molar-refractivity contribution in [3.8, 4) is 6.01 Å². The normalized spacial score (nSPS) is 22.5. The van der Waals surface area contributed by atoms with E-state index < -0.39 is 0 Å². The van der Waals surface area contributed by atoms with Gasteiger partial charge in [0.2, 0.25) is 12.5 Å². The molecule has 2 saturated heterocycles. The molecule has 0 unspecified atom stereocenters. The van der Waals surface area contributed by atoms with Crippen LogP contribution in [0.4, 0.5) is 11.5 Å². The van der Waals surface area contributed by atoms with Gasteiger partial charge in [-0.15, -0.1) is 0 Å². The lowest BCUT2D eigenvalue weighted by atomic mass is 10.0. The molecule has 1 aromatic heterocycles. The number of nitrogens with zero attached hydrogens (tertiary/aromatic N) is 8. The molecule has 0 bridgehead atoms. The van der Waals surface area contributed by atoms with Crippen LogP contribution in [-0.2, 0) is 17.8 Å². The molecule has 0 aliphatic carbocycles. The lowest BCUT2D eigenvalue weighted by Crippen LogP contribution is -2.56. The molecule has 3 aliphatic heterocycles. The monoisotopic (exact) mass is 600 g/mol. The van der Waals surface area contributed by atoms with Crippen LogP contribution in [-0.4, -0.2) is 116 Å². The number of hydrogen-bond donors (Lipinski definition) is 0. The molecule has 10 heteroatoms. The summed E-state index contributed by atoms with van der Waals surface area (Å²) >= 11 is 0. The number of amides is 1. The van der Waals surface area contributed by atoms with Gasteiger partial charge in [0.15, 0.2) is 0 Å². The molecule has 2 fully saturated rings. The van der Waals surface area contributed by atoms with Gasteiger partial charge in [-0.3, -0.25) is 9.69 Å². The van der Waals surface area contributed by atoms with Crippen LogP contribution < -0.4 is 14.5 Å². The first kappa shape index (κ1) is 31.7. The Morgan fingerprint density at radius 2 is 1.95 bits per heavy atom. The zero-order valence-corrected chi connectivity index (χ0v) is 27.3. The van der Waals surface area contributed by atoms with E-state index in [2.05, 4.69) is 65.6 Å². The van der Waals surface area contributed by atoms with E-state index in [1.165, 1.54) is 16.8 Å². The molecule has 10 nitrogen and oxygen atoms in total. The third-order valence-corrected chi connectivity index (χ3v) is 9.34. The second-order valence-corrected chi connectivity index (χ2v) is 13.0. The molecule has 0 spiro atoms. The molecule has 0 N–H and O–H groups in total. The van der Waals surface area contributed by atoms with Crippen molar-refractivity contribution in [3.63, 3.8) is 0 Å². The molecule has 0 radical (unpaired) electrons. The minimum Gasteiger partial charge on any atom is -0.462 e. The molecule has 236 valence electrons. The number of rotatable bonds is 9. The first-order chi connectivity index (χ1) is 21.1. The van der Waals surface area contributed by atoms with Crippen LogP contribution in [0.25, 0.3) is 4.85 Å². The van der Waals surface area contributed by atoms with Gasteiger partial charge < -0.3 is 29.2 Å². The number of likely N-dealkylation sites (N-methyl/N-ethyl adjacent to an activating group) is 2. The third kappa shape index (κ3) is 7.16. The van der Waals surface area contributed by atoms with Gasteiger partial charge >= 0.3 is 6.01 Å². The molecule has 0 saturated carbocycles. The van der Waals surface area contributed by atoms with E-state index in [4.69, 9.17) is 21.3 Å². The zero-order chi connectivity index (χ0) is 31.4. The van der Waals surface area contributed by atoms with E-state index in [0.29, 0.717) is 57.3 Å². The predicted octanol–water partition coefficient (Wildman–Crippen LogP) is 3.43. The zero-order valence-electron chi connectivity index (χ0n) is 27.3. The van der Waals surface area contributed by atoms with Crippen molar-refractivity contribution in [1.82, 2.24) is 24.7 Å². The van der Waals surface area contributed by atoms with Gasteiger partial charge in [0.05, 0.1) is 12.2 Å². The average Bonchev–Trinajstić information content (AvgIpc) is 3.32. The molecule has 1 amide bonds. The van der Waals surface area contributed by atoms with E-state index in [1.54, 1.807) is 6.08 Å². The fourth-order valence-electron chi connectivity index (χ4n) is 6.78. The van der Waals surface area contributed by atoms with Crippen LogP contribution in [0.1, 0.15) is 35.7 Å². The minimum atomic E-state index is -0.212. The number of ether oxygens (including phenoxy) is 1. The summed E-state index contributed by atoms with van der Waals surface area (Å²) in [5.41, 5.74) is 5.97. The highest BCUT2D eigenvalue weighted by Gasteiger charge is 2.35. The first-order valence-electron chi connectivity index (χ1n) is 15.9. The second kappa shape index (κ2) is 14.0. The Bertz CT molecular complexity index is 1400. The van der Waals surface area contributed by atoms with E-state index in [1.807, 2.05) is 30.0 Å². The Balaban J connectivity index is 1.42. The van der Waals surface area contributed by atoms with Crippen LogP contribution in [0.3, 0.4) is 0 Å². The highest BCUT2D eigenvalue weighted by molar-refractivity contribution is 5.88. The lowest BCUT2D eigenvalue weighted by Gasteiger charge is -2.41. The molecule has 2 aromatic rings. The summed E-state index contributed by atoms with van der Waals surface area (Å²) < 4.78 is 6.35. The van der Waals surface area contributed by atoms with Crippen LogP contribution in [0.5, 0.6) is 6.01 Å². The Kier molecular flexibility index (Phi) is 10.1. The molecule has 4 heterocycles. The summed E-state index contributed by atoms with van der Waals surface area (Å²) in [7, 11) is 6.11. The smallest absolute Gasteiger partial charge is 0.318 e. The minimum absolute atomic E-state index is 0.0343. The van der Waals surface area contributed by atoms with Crippen LogP contribution in [0.15, 0.2) is 30.4 Å². The van der Waals surface area contributed by atoms with Gasteiger partial charge in [-0.25, -0.2) is 6.57 Å². The number of aromatic nitrogens is 2. The van der Waals surface area contributed by atoms with Crippen LogP contribution >= 0.6 is 0 Å². The molecular formula is C34H48N8O2. The van der Waals surface area contributed by atoms with Gasteiger partial charge in [-0.2, -0.15) is 9.97 Å². The Morgan fingerprint density at radius 3 is 2.68 bits per heavy atom. The Hall–Kier alpha value is -3.68. The van der Waals surface area contributed by atoms with E-state index in [-0.39, 0.29) is 18.5 Å². The molecule has 44 heavy (non-hydrogen) atoms. The highest BCUT2D eigenvalue weighted by Crippen LogP contribution is 2.34. The number of carbonyl (C=O) groups is 1. The summed E-state index contributed by atoms with van der Waals surface area (Å²) in [6.45, 7) is 20.1. The number of hydrogen-bond acceptors (Lipinski definition) is 8. The Morgan fingerprint density at radius 1 is 1.14 bits per heavy atom. The number of anilines is 2. The number of piperazine rings is 1. The summed E-state index contributed by atoms with van der Waals surface area (Å²) in [6, 6.07) is 7.03. The predicted molar refractivity (Wildman–Crippen MR) is 175 cm³/mol. The van der Waals surface area contributed by atoms with Crippen molar-refractivity contribution in [2.45, 2.75) is 52.2 Å². The number of benzene rings is 1. The molecule has 3 aliphatic rings. The van der Waals surface area contributed by atoms with Gasteiger partial charge in [0, 0.05) is 62.6 Å². The van der Waals surface area contributed by atoms with Crippen molar-refractivity contribution in [3.05, 3.63) is 64.2 Å². The Labute approximate surface area is 263 Å². The molecular weight excluding hydrogens is 552 g/mol. The quantitative estimate of drug-likeness (QED) is 0.320. The summed E-state index contributed by atoms with van der Waals surface area (Å²) in [5, 5.41) is 0. The largest absolute Gasteiger partial charge is 0.462 e. The number of aryl methyl sites for hydroxylation is 1. The lowest BCUT2D eigenvalue weighted by molar-refractivity contribution is -0.128. The number of likely N-dealkylation sites (tertiary alicyclic amines) is 1. The standard InChI is InChI=1S/C34H48N8O2/c1-24-18-27(39(7)20-24)23-44-34-36-30-22-40(31-11-8-10-25(2)26(31)3)15-13-29(30)33(37-34)41-16-17-42(28(21-41)19-35-4)32(43)12-9-14-38(5)6/h8-12,24,27-28H,13-23H2,1-3,5-7H3/b12-9+/t24-,27+,28+/m1/s1. The summed E-state index contributed by atoms with van der Waals surface area (Å²) in [4.78, 5) is 37.8. The molecule has 1 aromatic carbocycles. The van der Waals surface area contributed by atoms with Gasteiger partial charge in [0.1, 0.15) is 18.5 Å². The van der Waals surface area contributed by atoms with E-state index >= 15 is 0 Å². The second-order valence-electron chi connectivity index (χ2n) is 13.0. The van der Waals surface area contributed by atoms with E-state index in [0.717, 1.165) is 43.0 Å². The fraction of sp³-hybridized carbons (Fsp3) is 0.588. The van der Waals surface area contributed by atoms with Crippen LogP contribution in [0, 0.1) is 26.3 Å². The highest BCUT2D eigenvalue weighted by atomic mass is 16.5. The fourth-order valence-corrected chi connectivity index (χ4v) is 6.78.